The average molecular weight is 607 g/mol. The summed E-state index contributed by atoms with van der Waals surface area (Å²) in [5.74, 6) is 1.16. The number of anilines is 1. The minimum Gasteiger partial charge on any atom is -0.490 e. The van der Waals surface area contributed by atoms with Gasteiger partial charge in [-0.25, -0.2) is 4.79 Å². The first kappa shape index (κ1) is 32.2. The molecule has 0 spiro atoms. The number of ether oxygens (including phenoxy) is 5. The average Bonchev–Trinajstić information content (AvgIpc) is 3.07. The van der Waals surface area contributed by atoms with Crippen LogP contribution >= 0.6 is 0 Å². The highest BCUT2D eigenvalue weighted by molar-refractivity contribution is 6.09. The van der Waals surface area contributed by atoms with Gasteiger partial charge in [0.25, 0.3) is 5.91 Å². The minimum atomic E-state index is -0.595. The summed E-state index contributed by atoms with van der Waals surface area (Å²) in [6.07, 6.45) is 1.47. The Bertz CT molecular complexity index is 1680. The fraction of sp³-hybridized carbons (Fsp3) is 0.194. The van der Waals surface area contributed by atoms with Gasteiger partial charge in [-0.05, 0) is 85.1 Å². The maximum atomic E-state index is 12.8. The number of methoxy groups -OCH3 is 1. The van der Waals surface area contributed by atoms with Gasteiger partial charge in [-0.15, -0.1) is 0 Å². The van der Waals surface area contributed by atoms with Crippen molar-refractivity contribution in [1.29, 1.82) is 5.26 Å². The van der Waals surface area contributed by atoms with Gasteiger partial charge in [-0.3, -0.25) is 4.79 Å². The van der Waals surface area contributed by atoms with Crippen LogP contribution in [0.25, 0.3) is 6.08 Å². The zero-order valence-electron chi connectivity index (χ0n) is 25.4. The van der Waals surface area contributed by atoms with Crippen LogP contribution in [-0.2, 0) is 22.7 Å². The van der Waals surface area contributed by atoms with Crippen molar-refractivity contribution in [1.82, 2.24) is 0 Å². The van der Waals surface area contributed by atoms with Crippen molar-refractivity contribution >= 4 is 23.6 Å². The maximum absolute atomic E-state index is 12.8. The molecule has 1 N–H and O–H groups in total. The number of hydrogen-bond acceptors (Lipinski definition) is 8. The summed E-state index contributed by atoms with van der Waals surface area (Å²) >= 11 is 0. The number of carbonyl (C=O) groups is 2. The molecule has 0 heterocycles. The SMILES string of the molecule is CCOc1cc(/C=C(/C#N)C(=O)Nc2ccc(C(=O)OC)cc2)ccc1OCc1ccc(OCc2ccccc2)c(OCC)c1. The Kier molecular flexibility index (Phi) is 11.6. The van der Waals surface area contributed by atoms with E-state index in [1.807, 2.05) is 68.4 Å². The van der Waals surface area contributed by atoms with Crippen LogP contribution in [0.15, 0.2) is 96.6 Å². The van der Waals surface area contributed by atoms with Gasteiger partial charge >= 0.3 is 5.97 Å². The van der Waals surface area contributed by atoms with E-state index in [1.165, 1.54) is 25.3 Å². The van der Waals surface area contributed by atoms with Gasteiger partial charge in [0, 0.05) is 5.69 Å². The molecule has 45 heavy (non-hydrogen) atoms. The van der Waals surface area contributed by atoms with Crippen LogP contribution in [0.3, 0.4) is 0 Å². The number of rotatable bonds is 14. The van der Waals surface area contributed by atoms with Gasteiger partial charge in [-0.2, -0.15) is 5.26 Å². The van der Waals surface area contributed by atoms with Crippen LogP contribution in [0.1, 0.15) is 40.9 Å². The molecule has 0 radical (unpaired) electrons. The molecule has 0 fully saturated rings. The van der Waals surface area contributed by atoms with Crippen LogP contribution in [0.4, 0.5) is 5.69 Å². The molecule has 0 bridgehead atoms. The summed E-state index contributed by atoms with van der Waals surface area (Å²) in [5, 5.41) is 12.3. The summed E-state index contributed by atoms with van der Waals surface area (Å²) < 4.78 is 28.4. The molecular weight excluding hydrogens is 572 g/mol. The molecule has 0 saturated carbocycles. The lowest BCUT2D eigenvalue weighted by molar-refractivity contribution is -0.112. The molecule has 4 rings (SSSR count). The van der Waals surface area contributed by atoms with E-state index in [0.29, 0.717) is 59.6 Å². The molecule has 0 aromatic heterocycles. The van der Waals surface area contributed by atoms with E-state index in [2.05, 4.69) is 10.1 Å². The van der Waals surface area contributed by atoms with Gasteiger partial charge in [0.15, 0.2) is 23.0 Å². The maximum Gasteiger partial charge on any atom is 0.337 e. The molecule has 0 aliphatic carbocycles. The van der Waals surface area contributed by atoms with Gasteiger partial charge in [0.2, 0.25) is 0 Å². The molecule has 1 amide bonds. The number of nitrogens with zero attached hydrogens (tertiary/aromatic N) is 1. The second kappa shape index (κ2) is 16.2. The Labute approximate surface area is 262 Å². The van der Waals surface area contributed by atoms with E-state index < -0.39 is 11.9 Å². The predicted molar refractivity (Wildman–Crippen MR) is 170 cm³/mol. The second-order valence-corrected chi connectivity index (χ2v) is 9.61. The summed E-state index contributed by atoms with van der Waals surface area (Å²) in [6, 6.07) is 28.9. The van der Waals surface area contributed by atoms with Crippen LogP contribution in [0.5, 0.6) is 23.0 Å². The normalized spacial score (nSPS) is 10.8. The molecule has 0 unspecified atom stereocenters. The van der Waals surface area contributed by atoms with Gasteiger partial charge < -0.3 is 29.0 Å². The Hall–Kier alpha value is -5.75. The topological polar surface area (TPSA) is 116 Å². The number of benzene rings is 4. The lowest BCUT2D eigenvalue weighted by atomic mass is 10.1. The Morgan fingerprint density at radius 2 is 1.36 bits per heavy atom. The first-order chi connectivity index (χ1) is 21.9. The zero-order valence-corrected chi connectivity index (χ0v) is 25.4. The Morgan fingerprint density at radius 3 is 1.98 bits per heavy atom. The number of amides is 1. The molecule has 9 heteroatoms. The third-order valence-electron chi connectivity index (χ3n) is 6.45. The van der Waals surface area contributed by atoms with Crippen LogP contribution in [0.2, 0.25) is 0 Å². The third-order valence-corrected chi connectivity index (χ3v) is 6.45. The molecule has 0 aliphatic heterocycles. The summed E-state index contributed by atoms with van der Waals surface area (Å²) in [6.45, 7) is 5.32. The smallest absolute Gasteiger partial charge is 0.337 e. The number of nitriles is 1. The monoisotopic (exact) mass is 606 g/mol. The lowest BCUT2D eigenvalue weighted by Gasteiger charge is -2.15. The number of hydrogen-bond donors (Lipinski definition) is 1. The van der Waals surface area contributed by atoms with Crippen molar-refractivity contribution < 1.29 is 33.3 Å². The van der Waals surface area contributed by atoms with E-state index in [0.717, 1.165) is 11.1 Å². The van der Waals surface area contributed by atoms with Crippen molar-refractivity contribution in [3.8, 4) is 29.1 Å². The zero-order chi connectivity index (χ0) is 32.0. The Balaban J connectivity index is 1.44. The van der Waals surface area contributed by atoms with E-state index in [9.17, 15) is 14.9 Å². The molecule has 9 nitrogen and oxygen atoms in total. The second-order valence-electron chi connectivity index (χ2n) is 9.61. The molecule has 4 aromatic carbocycles. The Morgan fingerprint density at radius 1 is 0.733 bits per heavy atom. The lowest BCUT2D eigenvalue weighted by Crippen LogP contribution is -2.13. The van der Waals surface area contributed by atoms with E-state index in [4.69, 9.17) is 18.9 Å². The van der Waals surface area contributed by atoms with Crippen LogP contribution in [0, 0.1) is 11.3 Å². The van der Waals surface area contributed by atoms with Crippen LogP contribution < -0.4 is 24.3 Å². The van der Waals surface area contributed by atoms with Crippen molar-refractivity contribution in [2.75, 3.05) is 25.6 Å². The molecule has 0 aliphatic rings. The molecule has 4 aromatic rings. The van der Waals surface area contributed by atoms with Crippen molar-refractivity contribution in [3.63, 3.8) is 0 Å². The summed E-state index contributed by atoms with van der Waals surface area (Å²) in [5.41, 5.74) is 3.18. The highest BCUT2D eigenvalue weighted by Crippen LogP contribution is 2.33. The number of esters is 1. The minimum absolute atomic E-state index is 0.110. The van der Waals surface area contributed by atoms with Crippen molar-refractivity contribution in [3.05, 3.63) is 119 Å². The van der Waals surface area contributed by atoms with Crippen LogP contribution in [-0.4, -0.2) is 32.2 Å². The predicted octanol–water partition coefficient (Wildman–Crippen LogP) is 6.97. The van der Waals surface area contributed by atoms with E-state index in [1.54, 1.807) is 30.3 Å². The number of carbonyl (C=O) groups excluding carboxylic acids is 2. The van der Waals surface area contributed by atoms with E-state index >= 15 is 0 Å². The van der Waals surface area contributed by atoms with Gasteiger partial charge in [0.05, 0.1) is 25.9 Å². The van der Waals surface area contributed by atoms with Crippen molar-refractivity contribution in [2.24, 2.45) is 0 Å². The molecule has 0 saturated heterocycles. The largest absolute Gasteiger partial charge is 0.490 e. The fourth-order valence-corrected chi connectivity index (χ4v) is 4.25. The molecule has 0 atom stereocenters. The quantitative estimate of drug-likeness (QED) is 0.0929. The third kappa shape index (κ3) is 9.12. The van der Waals surface area contributed by atoms with E-state index in [-0.39, 0.29) is 12.2 Å². The summed E-state index contributed by atoms with van der Waals surface area (Å²) in [4.78, 5) is 24.4. The van der Waals surface area contributed by atoms with Gasteiger partial charge in [0.1, 0.15) is 24.9 Å². The fourth-order valence-electron chi connectivity index (χ4n) is 4.25. The highest BCUT2D eigenvalue weighted by atomic mass is 16.5. The van der Waals surface area contributed by atoms with Crippen molar-refractivity contribution in [2.45, 2.75) is 27.1 Å². The molecule has 230 valence electrons. The standard InChI is InChI=1S/C36H34N2O7/c1-4-42-33-20-26(19-29(22-37)35(39)38-30-15-13-28(14-16-30)36(40)41-3)11-17-31(33)45-24-27-12-18-32(34(21-27)43-5-2)44-23-25-9-7-6-8-10-25/h6-21H,4-5,23-24H2,1-3H3,(H,38,39)/b29-19-. The molecular formula is C36H34N2O7. The van der Waals surface area contributed by atoms with Gasteiger partial charge in [-0.1, -0.05) is 42.5 Å². The summed E-state index contributed by atoms with van der Waals surface area (Å²) in [7, 11) is 1.29. The first-order valence-electron chi connectivity index (χ1n) is 14.4. The highest BCUT2D eigenvalue weighted by Gasteiger charge is 2.14. The number of nitrogens with one attached hydrogen (secondary N) is 1. The first-order valence-corrected chi connectivity index (χ1v) is 14.4.